The third-order valence-corrected chi connectivity index (χ3v) is 2.25. The second-order valence-corrected chi connectivity index (χ2v) is 3.38. The van der Waals surface area contributed by atoms with Gasteiger partial charge in [0.2, 0.25) is 5.95 Å². The van der Waals surface area contributed by atoms with Gasteiger partial charge in [-0.1, -0.05) is 11.3 Å². The van der Waals surface area contributed by atoms with E-state index in [1.807, 2.05) is 6.92 Å². The molecule has 0 saturated heterocycles. The first-order valence-corrected chi connectivity index (χ1v) is 4.14. The predicted octanol–water partition coefficient (Wildman–Crippen LogP) is 0.559. The summed E-state index contributed by atoms with van der Waals surface area (Å²) in [6, 6.07) is 0. The standard InChI is InChI=1S/C6H7N5S/c1-2-3-4(11-5(7)9-2)12-6(8)10-3/h1H3,(H2,8,10)(H2,7,9,11). The molecule has 0 amide bonds. The van der Waals surface area contributed by atoms with Crippen molar-refractivity contribution in [1.29, 1.82) is 0 Å². The highest BCUT2D eigenvalue weighted by atomic mass is 32.1. The maximum absolute atomic E-state index is 5.51. The van der Waals surface area contributed by atoms with Crippen LogP contribution in [0.3, 0.4) is 0 Å². The van der Waals surface area contributed by atoms with Gasteiger partial charge in [-0.05, 0) is 6.92 Å². The van der Waals surface area contributed by atoms with Gasteiger partial charge in [-0.3, -0.25) is 0 Å². The Labute approximate surface area is 72.5 Å². The van der Waals surface area contributed by atoms with E-state index in [1.165, 1.54) is 11.3 Å². The molecule has 2 aromatic rings. The number of thiazole rings is 1. The highest BCUT2D eigenvalue weighted by Crippen LogP contribution is 2.23. The molecule has 0 aliphatic heterocycles. The number of nitrogens with two attached hydrogens (primary N) is 2. The highest BCUT2D eigenvalue weighted by molar-refractivity contribution is 7.21. The first kappa shape index (κ1) is 7.23. The molecule has 0 aromatic carbocycles. The lowest BCUT2D eigenvalue weighted by atomic mass is 10.4. The van der Waals surface area contributed by atoms with Gasteiger partial charge in [0.15, 0.2) is 9.96 Å². The van der Waals surface area contributed by atoms with E-state index in [-0.39, 0.29) is 5.95 Å². The molecule has 0 fully saturated rings. The molecule has 0 bridgehead atoms. The molecule has 0 unspecified atom stereocenters. The minimum atomic E-state index is 0.267. The molecule has 5 nitrogen and oxygen atoms in total. The highest BCUT2D eigenvalue weighted by Gasteiger charge is 2.06. The zero-order valence-corrected chi connectivity index (χ0v) is 7.22. The minimum absolute atomic E-state index is 0.267. The van der Waals surface area contributed by atoms with Crippen LogP contribution in [0.4, 0.5) is 11.1 Å². The number of nitrogens with zero attached hydrogens (tertiary/aromatic N) is 3. The third kappa shape index (κ3) is 0.964. The molecular formula is C6H7N5S. The van der Waals surface area contributed by atoms with Crippen molar-refractivity contribution in [3.05, 3.63) is 5.69 Å². The molecule has 0 atom stereocenters. The van der Waals surface area contributed by atoms with Gasteiger partial charge in [-0.25, -0.2) is 15.0 Å². The number of hydrogen-bond acceptors (Lipinski definition) is 6. The molecular weight excluding hydrogens is 174 g/mol. The van der Waals surface area contributed by atoms with Crippen LogP contribution in [-0.2, 0) is 0 Å². The lowest BCUT2D eigenvalue weighted by Gasteiger charge is -1.93. The van der Waals surface area contributed by atoms with E-state index in [1.54, 1.807) is 0 Å². The quantitative estimate of drug-likeness (QED) is 0.619. The maximum atomic E-state index is 5.51. The van der Waals surface area contributed by atoms with E-state index in [0.29, 0.717) is 5.13 Å². The van der Waals surface area contributed by atoms with Gasteiger partial charge >= 0.3 is 0 Å². The zero-order valence-electron chi connectivity index (χ0n) is 6.40. The van der Waals surface area contributed by atoms with Crippen molar-refractivity contribution in [2.24, 2.45) is 0 Å². The van der Waals surface area contributed by atoms with E-state index in [4.69, 9.17) is 11.5 Å². The summed E-state index contributed by atoms with van der Waals surface area (Å²) in [6.07, 6.45) is 0. The van der Waals surface area contributed by atoms with Crippen LogP contribution in [0.2, 0.25) is 0 Å². The second kappa shape index (κ2) is 2.28. The van der Waals surface area contributed by atoms with Crippen molar-refractivity contribution in [2.75, 3.05) is 11.5 Å². The number of fused-ring (bicyclic) bond motifs is 1. The lowest BCUT2D eigenvalue weighted by molar-refractivity contribution is 1.16. The molecule has 4 N–H and O–H groups in total. The van der Waals surface area contributed by atoms with E-state index in [2.05, 4.69) is 15.0 Å². The Kier molecular flexibility index (Phi) is 1.37. The summed E-state index contributed by atoms with van der Waals surface area (Å²) in [7, 11) is 0. The SMILES string of the molecule is Cc1nc(N)nc2sc(N)nc12. The van der Waals surface area contributed by atoms with Crippen molar-refractivity contribution >= 4 is 32.8 Å². The lowest BCUT2D eigenvalue weighted by Crippen LogP contribution is -1.96. The van der Waals surface area contributed by atoms with Gasteiger partial charge in [-0.2, -0.15) is 0 Å². The number of anilines is 2. The molecule has 2 aromatic heterocycles. The second-order valence-electron chi connectivity index (χ2n) is 2.37. The Bertz CT molecular complexity index is 435. The average Bonchev–Trinajstić information content (AvgIpc) is 2.29. The predicted molar refractivity (Wildman–Crippen MR) is 48.8 cm³/mol. The summed E-state index contributed by atoms with van der Waals surface area (Å²) in [6.45, 7) is 1.83. The van der Waals surface area contributed by atoms with Gasteiger partial charge in [0.05, 0.1) is 5.69 Å². The van der Waals surface area contributed by atoms with Crippen molar-refractivity contribution in [3.8, 4) is 0 Å². The Morgan fingerprint density at radius 2 is 1.92 bits per heavy atom. The summed E-state index contributed by atoms with van der Waals surface area (Å²) in [4.78, 5) is 12.8. The van der Waals surface area contributed by atoms with Crippen molar-refractivity contribution in [1.82, 2.24) is 15.0 Å². The Balaban J connectivity index is 2.88. The first-order valence-electron chi connectivity index (χ1n) is 3.33. The Morgan fingerprint density at radius 3 is 2.67 bits per heavy atom. The number of aromatic nitrogens is 3. The maximum Gasteiger partial charge on any atom is 0.221 e. The smallest absolute Gasteiger partial charge is 0.221 e. The van der Waals surface area contributed by atoms with Crippen molar-refractivity contribution < 1.29 is 0 Å². The fraction of sp³-hybridized carbons (Fsp3) is 0.167. The summed E-state index contributed by atoms with van der Waals surface area (Å²) < 4.78 is 0. The summed E-state index contributed by atoms with van der Waals surface area (Å²) in [5, 5.41) is 0.494. The molecule has 62 valence electrons. The molecule has 6 heteroatoms. The molecule has 2 rings (SSSR count). The Morgan fingerprint density at radius 1 is 1.17 bits per heavy atom. The molecule has 0 saturated carbocycles. The van der Waals surface area contributed by atoms with E-state index < -0.39 is 0 Å². The van der Waals surface area contributed by atoms with Gasteiger partial charge in [0.25, 0.3) is 0 Å². The molecule has 0 spiro atoms. The van der Waals surface area contributed by atoms with E-state index >= 15 is 0 Å². The Hall–Kier alpha value is -1.43. The zero-order chi connectivity index (χ0) is 8.72. The largest absolute Gasteiger partial charge is 0.375 e. The van der Waals surface area contributed by atoms with Gasteiger partial charge in [0.1, 0.15) is 5.52 Å². The average molecular weight is 181 g/mol. The minimum Gasteiger partial charge on any atom is -0.375 e. The number of nitrogen functional groups attached to an aromatic ring is 2. The summed E-state index contributed by atoms with van der Waals surface area (Å²) >= 11 is 1.32. The summed E-state index contributed by atoms with van der Waals surface area (Å²) in [5.74, 6) is 0.267. The summed E-state index contributed by atoms with van der Waals surface area (Å²) in [5.41, 5.74) is 12.5. The van der Waals surface area contributed by atoms with Crippen LogP contribution in [-0.4, -0.2) is 15.0 Å². The fourth-order valence-corrected chi connectivity index (χ4v) is 1.76. The topological polar surface area (TPSA) is 90.7 Å². The number of rotatable bonds is 0. The van der Waals surface area contributed by atoms with Crippen LogP contribution in [0.25, 0.3) is 10.3 Å². The van der Waals surface area contributed by atoms with Crippen LogP contribution in [0.15, 0.2) is 0 Å². The molecule has 0 aliphatic rings. The number of hydrogen-bond donors (Lipinski definition) is 2. The first-order chi connectivity index (χ1) is 5.66. The molecule has 12 heavy (non-hydrogen) atoms. The van der Waals surface area contributed by atoms with Crippen molar-refractivity contribution in [2.45, 2.75) is 6.92 Å². The van der Waals surface area contributed by atoms with Crippen LogP contribution >= 0.6 is 11.3 Å². The molecule has 0 radical (unpaired) electrons. The van der Waals surface area contributed by atoms with Crippen LogP contribution < -0.4 is 11.5 Å². The van der Waals surface area contributed by atoms with E-state index in [9.17, 15) is 0 Å². The van der Waals surface area contributed by atoms with Crippen LogP contribution in [0.1, 0.15) is 5.69 Å². The van der Waals surface area contributed by atoms with Crippen molar-refractivity contribution in [3.63, 3.8) is 0 Å². The number of aryl methyl sites for hydroxylation is 1. The normalized spacial score (nSPS) is 10.8. The van der Waals surface area contributed by atoms with Crippen LogP contribution in [0.5, 0.6) is 0 Å². The monoisotopic (exact) mass is 181 g/mol. The van der Waals surface area contributed by atoms with Gasteiger partial charge < -0.3 is 11.5 Å². The molecule has 0 aliphatic carbocycles. The van der Waals surface area contributed by atoms with Crippen LogP contribution in [0, 0.1) is 6.92 Å². The third-order valence-electron chi connectivity index (χ3n) is 1.47. The van der Waals surface area contributed by atoms with Gasteiger partial charge in [0, 0.05) is 0 Å². The fourth-order valence-electron chi connectivity index (χ4n) is 0.993. The van der Waals surface area contributed by atoms with Gasteiger partial charge in [-0.15, -0.1) is 0 Å². The van der Waals surface area contributed by atoms with E-state index in [0.717, 1.165) is 16.0 Å². The molecule has 2 heterocycles.